The molecule has 0 aromatic carbocycles. The summed E-state index contributed by atoms with van der Waals surface area (Å²) in [4.78, 5) is 8.28. The van der Waals surface area contributed by atoms with Crippen molar-refractivity contribution < 1.29 is 0 Å². The maximum absolute atomic E-state index is 8.68. The van der Waals surface area contributed by atoms with Crippen molar-refractivity contribution in [3.05, 3.63) is 11.4 Å². The third-order valence-electron chi connectivity index (χ3n) is 1.86. The lowest BCUT2D eigenvalue weighted by Gasteiger charge is -1.98. The molecule has 0 fully saturated rings. The van der Waals surface area contributed by atoms with Crippen LogP contribution in [0.1, 0.15) is 18.3 Å². The fourth-order valence-corrected chi connectivity index (χ4v) is 2.32. The molecule has 5 heteroatoms. The van der Waals surface area contributed by atoms with Crippen LogP contribution >= 0.6 is 11.8 Å². The van der Waals surface area contributed by atoms with E-state index in [-0.39, 0.29) is 11.5 Å². The summed E-state index contributed by atoms with van der Waals surface area (Å²) in [6.45, 7) is 2.11. The van der Waals surface area contributed by atoms with Crippen LogP contribution in [0.3, 0.4) is 0 Å². The molecular formula is C8H8N4S. The van der Waals surface area contributed by atoms with Gasteiger partial charge in [-0.1, -0.05) is 6.92 Å². The number of nitriles is 1. The van der Waals surface area contributed by atoms with Gasteiger partial charge < -0.3 is 5.73 Å². The Balaban J connectivity index is 2.52. The van der Waals surface area contributed by atoms with Gasteiger partial charge in [0.15, 0.2) is 11.5 Å². The van der Waals surface area contributed by atoms with E-state index in [1.54, 1.807) is 11.8 Å². The van der Waals surface area contributed by atoms with Crippen LogP contribution in [0.25, 0.3) is 0 Å². The lowest BCUT2D eigenvalue weighted by atomic mass is 10.2. The highest BCUT2D eigenvalue weighted by molar-refractivity contribution is 8.00. The number of rotatable bonds is 0. The Hall–Kier alpha value is -1.28. The van der Waals surface area contributed by atoms with Crippen molar-refractivity contribution in [3.63, 3.8) is 0 Å². The van der Waals surface area contributed by atoms with Crippen LogP contribution in [0.4, 0.5) is 5.82 Å². The van der Waals surface area contributed by atoms with Crippen molar-refractivity contribution >= 4 is 17.6 Å². The van der Waals surface area contributed by atoms with Crippen molar-refractivity contribution in [2.75, 3.05) is 5.73 Å². The summed E-state index contributed by atoms with van der Waals surface area (Å²) >= 11 is 1.66. The molecule has 66 valence electrons. The first-order valence-corrected chi connectivity index (χ1v) is 4.82. The Morgan fingerprint density at radius 3 is 3.08 bits per heavy atom. The van der Waals surface area contributed by atoms with Crippen molar-refractivity contribution in [1.29, 1.82) is 5.26 Å². The molecule has 0 amide bonds. The lowest BCUT2D eigenvalue weighted by Crippen LogP contribution is -2.02. The summed E-state index contributed by atoms with van der Waals surface area (Å²) in [7, 11) is 0. The average molecular weight is 192 g/mol. The molecule has 1 unspecified atom stereocenters. The number of anilines is 1. The Bertz CT molecular complexity index is 396. The van der Waals surface area contributed by atoms with Gasteiger partial charge in [-0.05, 0) is 0 Å². The summed E-state index contributed by atoms with van der Waals surface area (Å²) in [5.74, 6) is 0.239. The molecule has 0 saturated heterocycles. The van der Waals surface area contributed by atoms with Gasteiger partial charge in [0.2, 0.25) is 0 Å². The van der Waals surface area contributed by atoms with E-state index in [9.17, 15) is 0 Å². The molecule has 4 nitrogen and oxygen atoms in total. The summed E-state index contributed by atoms with van der Waals surface area (Å²) in [5, 5.41) is 10.0. The van der Waals surface area contributed by atoms with Gasteiger partial charge in [-0.15, -0.1) is 11.8 Å². The Morgan fingerprint density at radius 2 is 2.38 bits per heavy atom. The molecule has 0 saturated carbocycles. The van der Waals surface area contributed by atoms with E-state index in [0.29, 0.717) is 5.25 Å². The van der Waals surface area contributed by atoms with E-state index in [1.165, 1.54) is 0 Å². The number of hydrogen-bond donors (Lipinski definition) is 1. The molecule has 1 aliphatic rings. The molecule has 0 aliphatic carbocycles. The standard InChI is InChI=1S/C8H8N4S/c1-4-2-5-8(13-4)12-7(10)6(3-9)11-5/h4H,2H2,1H3,(H2,10,12). The minimum absolute atomic E-state index is 0.239. The van der Waals surface area contributed by atoms with E-state index in [1.807, 2.05) is 6.07 Å². The first kappa shape index (κ1) is 8.32. The number of thioether (sulfide) groups is 1. The smallest absolute Gasteiger partial charge is 0.183 e. The van der Waals surface area contributed by atoms with Crippen LogP contribution in [0.2, 0.25) is 0 Å². The summed E-state index contributed by atoms with van der Waals surface area (Å²) in [6, 6.07) is 1.93. The molecule has 2 N–H and O–H groups in total. The fourth-order valence-electron chi connectivity index (χ4n) is 1.28. The molecule has 1 aliphatic heterocycles. The normalized spacial score (nSPS) is 19.5. The first-order valence-electron chi connectivity index (χ1n) is 3.94. The molecule has 2 heterocycles. The van der Waals surface area contributed by atoms with Crippen molar-refractivity contribution in [3.8, 4) is 6.07 Å². The zero-order chi connectivity index (χ0) is 9.42. The van der Waals surface area contributed by atoms with E-state index in [2.05, 4.69) is 16.9 Å². The van der Waals surface area contributed by atoms with Crippen LogP contribution in [0, 0.1) is 11.3 Å². The van der Waals surface area contributed by atoms with Gasteiger partial charge in [0.05, 0.1) is 5.69 Å². The predicted octanol–water partition coefficient (Wildman–Crippen LogP) is 0.967. The van der Waals surface area contributed by atoms with Gasteiger partial charge in [-0.25, -0.2) is 9.97 Å². The Morgan fingerprint density at radius 1 is 1.62 bits per heavy atom. The van der Waals surface area contributed by atoms with E-state index >= 15 is 0 Å². The van der Waals surface area contributed by atoms with Crippen molar-refractivity contribution in [1.82, 2.24) is 9.97 Å². The van der Waals surface area contributed by atoms with Crippen LogP contribution in [-0.4, -0.2) is 15.2 Å². The van der Waals surface area contributed by atoms with Gasteiger partial charge in [0.1, 0.15) is 11.1 Å². The van der Waals surface area contributed by atoms with Crippen molar-refractivity contribution in [2.24, 2.45) is 0 Å². The van der Waals surface area contributed by atoms with Crippen LogP contribution < -0.4 is 5.73 Å². The molecule has 13 heavy (non-hydrogen) atoms. The molecule has 0 spiro atoms. The van der Waals surface area contributed by atoms with Gasteiger partial charge in [-0.3, -0.25) is 0 Å². The van der Waals surface area contributed by atoms with Gasteiger partial charge in [0, 0.05) is 11.7 Å². The zero-order valence-corrected chi connectivity index (χ0v) is 7.93. The topological polar surface area (TPSA) is 75.6 Å². The molecule has 1 aromatic heterocycles. The van der Waals surface area contributed by atoms with Crippen LogP contribution in [0.15, 0.2) is 5.03 Å². The number of nitrogen functional groups attached to an aromatic ring is 1. The van der Waals surface area contributed by atoms with E-state index in [0.717, 1.165) is 17.1 Å². The van der Waals surface area contributed by atoms with Gasteiger partial charge in [-0.2, -0.15) is 5.26 Å². The summed E-state index contributed by atoms with van der Waals surface area (Å²) in [6.07, 6.45) is 0.877. The second-order valence-corrected chi connectivity index (χ2v) is 4.38. The Kier molecular flexibility index (Phi) is 1.85. The molecule has 2 rings (SSSR count). The number of hydrogen-bond acceptors (Lipinski definition) is 5. The maximum atomic E-state index is 8.68. The molecule has 0 radical (unpaired) electrons. The minimum atomic E-state index is 0.239. The van der Waals surface area contributed by atoms with Gasteiger partial charge >= 0.3 is 0 Å². The molecule has 0 bridgehead atoms. The highest BCUT2D eigenvalue weighted by Gasteiger charge is 2.22. The highest BCUT2D eigenvalue weighted by Crippen LogP contribution is 2.34. The fraction of sp³-hybridized carbons (Fsp3) is 0.375. The SMILES string of the molecule is CC1Cc2nc(C#N)c(N)nc2S1. The van der Waals surface area contributed by atoms with E-state index < -0.39 is 0 Å². The third-order valence-corrected chi connectivity index (χ3v) is 2.98. The van der Waals surface area contributed by atoms with Crippen LogP contribution in [-0.2, 0) is 6.42 Å². The number of aromatic nitrogens is 2. The second-order valence-electron chi connectivity index (χ2n) is 2.95. The predicted molar refractivity (Wildman–Crippen MR) is 50.2 cm³/mol. The monoisotopic (exact) mass is 192 g/mol. The molecular weight excluding hydrogens is 184 g/mol. The molecule has 1 atom stereocenters. The summed E-state index contributed by atoms with van der Waals surface area (Å²) < 4.78 is 0. The second kappa shape index (κ2) is 2.89. The average Bonchev–Trinajstić information content (AvgIpc) is 2.42. The maximum Gasteiger partial charge on any atom is 0.183 e. The lowest BCUT2D eigenvalue weighted by molar-refractivity contribution is 0.881. The number of nitrogens with two attached hydrogens (primary N) is 1. The summed E-state index contributed by atoms with van der Waals surface area (Å²) in [5.41, 5.74) is 6.69. The quantitative estimate of drug-likeness (QED) is 0.662. The van der Waals surface area contributed by atoms with Crippen LogP contribution in [0.5, 0.6) is 0 Å². The third kappa shape index (κ3) is 1.33. The highest BCUT2D eigenvalue weighted by atomic mass is 32.2. The minimum Gasteiger partial charge on any atom is -0.381 e. The van der Waals surface area contributed by atoms with E-state index in [4.69, 9.17) is 11.0 Å². The van der Waals surface area contributed by atoms with Crippen molar-refractivity contribution in [2.45, 2.75) is 23.6 Å². The molecule has 1 aromatic rings. The largest absolute Gasteiger partial charge is 0.381 e. The first-order chi connectivity index (χ1) is 6.20. The number of nitrogens with zero attached hydrogens (tertiary/aromatic N) is 3. The Labute approximate surface area is 80.2 Å². The zero-order valence-electron chi connectivity index (χ0n) is 7.11. The van der Waals surface area contributed by atoms with Gasteiger partial charge in [0.25, 0.3) is 0 Å². The number of fused-ring (bicyclic) bond motifs is 1.